The summed E-state index contributed by atoms with van der Waals surface area (Å²) in [6, 6.07) is 3.62. The summed E-state index contributed by atoms with van der Waals surface area (Å²) in [5.74, 6) is -0.572. The molecule has 0 unspecified atom stereocenters. The molecule has 168 valence electrons. The molecule has 9 heteroatoms. The van der Waals surface area contributed by atoms with E-state index < -0.39 is 17.5 Å². The molecule has 0 fully saturated rings. The first-order valence-electron chi connectivity index (χ1n) is 10.1. The Morgan fingerprint density at radius 1 is 1.03 bits per heavy atom. The number of fused-ring (bicyclic) bond motifs is 1. The first kappa shape index (κ1) is 23.1. The fourth-order valence-corrected chi connectivity index (χ4v) is 3.27. The molecular formula is C23H26N4O5. The van der Waals surface area contributed by atoms with Crippen molar-refractivity contribution in [2.45, 2.75) is 60.3 Å². The van der Waals surface area contributed by atoms with Crippen LogP contribution < -0.4 is 0 Å². The van der Waals surface area contributed by atoms with Crippen molar-refractivity contribution >= 4 is 28.6 Å². The lowest BCUT2D eigenvalue weighted by molar-refractivity contribution is -0.155. The van der Waals surface area contributed by atoms with Crippen molar-refractivity contribution in [3.63, 3.8) is 0 Å². The van der Waals surface area contributed by atoms with E-state index in [-0.39, 0.29) is 24.6 Å². The zero-order chi connectivity index (χ0) is 23.6. The van der Waals surface area contributed by atoms with Crippen LogP contribution in [0.3, 0.4) is 0 Å². The number of ketones is 1. The van der Waals surface area contributed by atoms with E-state index in [1.165, 1.54) is 18.5 Å². The number of carbonyl (C=O) groups excluding carboxylic acids is 3. The van der Waals surface area contributed by atoms with Gasteiger partial charge >= 0.3 is 11.9 Å². The van der Waals surface area contributed by atoms with Gasteiger partial charge in [-0.25, -0.2) is 9.97 Å². The van der Waals surface area contributed by atoms with Crippen molar-refractivity contribution in [2.75, 3.05) is 0 Å². The van der Waals surface area contributed by atoms with Gasteiger partial charge in [-0.1, -0.05) is 0 Å². The highest BCUT2D eigenvalue weighted by molar-refractivity contribution is 6.07. The van der Waals surface area contributed by atoms with Crippen molar-refractivity contribution in [3.8, 4) is 11.1 Å². The van der Waals surface area contributed by atoms with Gasteiger partial charge in [0.25, 0.3) is 0 Å². The maximum atomic E-state index is 12.5. The molecule has 0 aliphatic carbocycles. The molecule has 0 aliphatic heterocycles. The van der Waals surface area contributed by atoms with Crippen LogP contribution in [-0.4, -0.2) is 43.1 Å². The summed E-state index contributed by atoms with van der Waals surface area (Å²) in [6.07, 6.45) is 3.36. The molecule has 9 nitrogen and oxygen atoms in total. The second-order valence-corrected chi connectivity index (χ2v) is 8.48. The van der Waals surface area contributed by atoms with E-state index >= 15 is 0 Å². The number of carbonyl (C=O) groups is 3. The second kappa shape index (κ2) is 8.86. The van der Waals surface area contributed by atoms with Crippen LogP contribution in [0.1, 0.15) is 56.5 Å². The van der Waals surface area contributed by atoms with Gasteiger partial charge in [-0.15, -0.1) is 0 Å². The van der Waals surface area contributed by atoms with Crippen LogP contribution in [0, 0.1) is 6.92 Å². The molecule has 32 heavy (non-hydrogen) atoms. The molecule has 3 rings (SSSR count). The predicted molar refractivity (Wildman–Crippen MR) is 117 cm³/mol. The van der Waals surface area contributed by atoms with Crippen molar-refractivity contribution in [1.29, 1.82) is 0 Å². The Morgan fingerprint density at radius 3 is 2.25 bits per heavy atom. The Kier molecular flexibility index (Phi) is 6.38. The topological polar surface area (TPSA) is 113 Å². The van der Waals surface area contributed by atoms with Gasteiger partial charge in [-0.2, -0.15) is 5.10 Å². The largest absolute Gasteiger partial charge is 0.461 e. The molecule has 0 amide bonds. The summed E-state index contributed by atoms with van der Waals surface area (Å²) < 4.78 is 12.1. The van der Waals surface area contributed by atoms with E-state index in [0.717, 1.165) is 11.1 Å². The minimum atomic E-state index is -0.664. The van der Waals surface area contributed by atoms with Gasteiger partial charge in [0.05, 0.1) is 5.52 Å². The number of aryl methyl sites for hydroxylation is 1. The van der Waals surface area contributed by atoms with Gasteiger partial charge in [0, 0.05) is 42.8 Å². The summed E-state index contributed by atoms with van der Waals surface area (Å²) in [5.41, 5.74) is 2.14. The van der Waals surface area contributed by atoms with E-state index in [4.69, 9.17) is 9.47 Å². The third kappa shape index (κ3) is 5.35. The number of rotatable bonds is 6. The van der Waals surface area contributed by atoms with Crippen molar-refractivity contribution in [3.05, 3.63) is 41.6 Å². The molecule has 0 spiro atoms. The van der Waals surface area contributed by atoms with Crippen LogP contribution in [0.2, 0.25) is 0 Å². The summed E-state index contributed by atoms with van der Waals surface area (Å²) in [7, 11) is 0. The number of hydrogen-bond acceptors (Lipinski definition) is 8. The average Bonchev–Trinajstić information content (AvgIpc) is 3.03. The number of ether oxygens (including phenoxy) is 2. The Morgan fingerprint density at radius 2 is 1.69 bits per heavy atom. The van der Waals surface area contributed by atoms with Crippen LogP contribution in [-0.2, 0) is 32.2 Å². The molecule has 0 radical (unpaired) electrons. The number of nitrogens with zero attached hydrogens (tertiary/aromatic N) is 4. The van der Waals surface area contributed by atoms with Crippen LogP contribution in [0.15, 0.2) is 24.5 Å². The second-order valence-electron chi connectivity index (χ2n) is 8.48. The molecule has 0 saturated heterocycles. The monoisotopic (exact) mass is 438 g/mol. The maximum absolute atomic E-state index is 12.5. The van der Waals surface area contributed by atoms with E-state index in [2.05, 4.69) is 15.1 Å². The summed E-state index contributed by atoms with van der Waals surface area (Å²) >= 11 is 0. The Hall–Kier alpha value is -3.62. The number of aromatic nitrogens is 4. The minimum Gasteiger partial charge on any atom is -0.461 e. The van der Waals surface area contributed by atoms with E-state index in [1.54, 1.807) is 46.2 Å². The summed E-state index contributed by atoms with van der Waals surface area (Å²) in [5, 5.41) is 4.93. The Balaban J connectivity index is 2.19. The fourth-order valence-electron chi connectivity index (χ4n) is 3.27. The smallest absolute Gasteiger partial charge is 0.328 e. The number of benzene rings is 1. The van der Waals surface area contributed by atoms with Gasteiger partial charge in [0.1, 0.15) is 30.3 Å². The maximum Gasteiger partial charge on any atom is 0.328 e. The number of Topliss-reactive ketones (excluding diaryl/α,β-unsaturated/α-hetero) is 1. The van der Waals surface area contributed by atoms with Gasteiger partial charge in [0.15, 0.2) is 5.78 Å². The summed E-state index contributed by atoms with van der Waals surface area (Å²) in [4.78, 5) is 44.8. The molecule has 0 aliphatic rings. The molecule has 0 N–H and O–H groups in total. The molecule has 2 heterocycles. The standard InChI is InChI=1S/C23H26N4O5/c1-13(28)21-19-8-16(18-9-24-14(2)25-10-18)7-17(12-31-15(3)29)22(19)27(26-21)11-20(30)32-23(4,5)6/h7-10H,11-12H2,1-6H3. The lowest BCUT2D eigenvalue weighted by Crippen LogP contribution is -2.27. The highest BCUT2D eigenvalue weighted by atomic mass is 16.6. The minimum absolute atomic E-state index is 0.0518. The molecule has 1 aromatic carbocycles. The van der Waals surface area contributed by atoms with E-state index in [0.29, 0.717) is 22.3 Å². The Labute approximate surface area is 185 Å². The fraction of sp³-hybridized carbons (Fsp3) is 0.391. The normalized spacial score (nSPS) is 11.4. The average molecular weight is 438 g/mol. The van der Waals surface area contributed by atoms with Crippen molar-refractivity contribution in [1.82, 2.24) is 19.7 Å². The molecule has 0 saturated carbocycles. The summed E-state index contributed by atoms with van der Waals surface area (Å²) in [6.45, 7) is 9.58. The molecule has 0 atom stereocenters. The first-order chi connectivity index (χ1) is 14.9. The molecule has 2 aromatic heterocycles. The third-order valence-electron chi connectivity index (χ3n) is 4.50. The van der Waals surface area contributed by atoms with Crippen molar-refractivity contribution in [2.24, 2.45) is 0 Å². The quantitative estimate of drug-likeness (QED) is 0.425. The highest BCUT2D eigenvalue weighted by Crippen LogP contribution is 2.31. The van der Waals surface area contributed by atoms with E-state index in [1.807, 2.05) is 6.07 Å². The third-order valence-corrected chi connectivity index (χ3v) is 4.50. The van der Waals surface area contributed by atoms with Gasteiger partial charge < -0.3 is 9.47 Å². The first-order valence-corrected chi connectivity index (χ1v) is 10.1. The SMILES string of the molecule is CC(=O)OCc1cc(-c2cnc(C)nc2)cc2c(C(C)=O)nn(CC(=O)OC(C)(C)C)c12. The zero-order valence-electron chi connectivity index (χ0n) is 19.1. The van der Waals surface area contributed by atoms with Crippen LogP contribution in [0.5, 0.6) is 0 Å². The van der Waals surface area contributed by atoms with Crippen molar-refractivity contribution < 1.29 is 23.9 Å². The van der Waals surface area contributed by atoms with Gasteiger partial charge in [0.2, 0.25) is 0 Å². The van der Waals surface area contributed by atoms with Crippen LogP contribution >= 0.6 is 0 Å². The molecule has 3 aromatic rings. The Bertz CT molecular complexity index is 1190. The molecular weight excluding hydrogens is 412 g/mol. The lowest BCUT2D eigenvalue weighted by Gasteiger charge is -2.19. The van der Waals surface area contributed by atoms with E-state index in [9.17, 15) is 14.4 Å². The lowest BCUT2D eigenvalue weighted by atomic mass is 10.0. The molecule has 0 bridgehead atoms. The van der Waals surface area contributed by atoms with Gasteiger partial charge in [-0.3, -0.25) is 19.1 Å². The van der Waals surface area contributed by atoms with Gasteiger partial charge in [-0.05, 0) is 45.4 Å². The van der Waals surface area contributed by atoms with Crippen LogP contribution in [0.4, 0.5) is 0 Å². The predicted octanol–water partition coefficient (Wildman–Crippen LogP) is 3.41. The highest BCUT2D eigenvalue weighted by Gasteiger charge is 2.23. The number of esters is 2. The van der Waals surface area contributed by atoms with Crippen LogP contribution in [0.25, 0.3) is 22.0 Å². The number of hydrogen-bond donors (Lipinski definition) is 0. The zero-order valence-corrected chi connectivity index (χ0v) is 19.1.